The molecule has 1 aliphatic carbocycles. The monoisotopic (exact) mass is 381 g/mol. The smallest absolute Gasteiger partial charge is 0.257 e. The van der Waals surface area contributed by atoms with Gasteiger partial charge in [-0.25, -0.2) is 0 Å². The molecule has 1 heterocycles. The largest absolute Gasteiger partial charge is 0.352 e. The van der Waals surface area contributed by atoms with Crippen LogP contribution in [0.1, 0.15) is 52.6 Å². The zero-order valence-electron chi connectivity index (χ0n) is 16.6. The van der Waals surface area contributed by atoms with Gasteiger partial charge in [-0.15, -0.1) is 0 Å². The summed E-state index contributed by atoms with van der Waals surface area (Å²) < 4.78 is 1.76. The van der Waals surface area contributed by atoms with E-state index in [2.05, 4.69) is 22.8 Å². The predicted octanol–water partition coefficient (Wildman–Crippen LogP) is 2.15. The van der Waals surface area contributed by atoms with Crippen LogP contribution in [0.2, 0.25) is 0 Å². The maximum absolute atomic E-state index is 12.9. The molecule has 0 aliphatic heterocycles. The van der Waals surface area contributed by atoms with E-state index in [1.54, 1.807) is 17.7 Å². The number of amides is 2. The highest BCUT2D eigenvalue weighted by Gasteiger charge is 2.25. The van der Waals surface area contributed by atoms with Crippen LogP contribution >= 0.6 is 0 Å². The van der Waals surface area contributed by atoms with Gasteiger partial charge >= 0.3 is 0 Å². The third-order valence-corrected chi connectivity index (χ3v) is 4.87. The first-order chi connectivity index (χ1) is 13.4. The zero-order chi connectivity index (χ0) is 20.3. The summed E-state index contributed by atoms with van der Waals surface area (Å²) in [6, 6.07) is 8.06. The lowest BCUT2D eigenvalue weighted by atomic mass is 10.1. The summed E-state index contributed by atoms with van der Waals surface area (Å²) in [4.78, 5) is 38.0. The van der Waals surface area contributed by atoms with Gasteiger partial charge in [0.15, 0.2) is 0 Å². The molecule has 0 fully saturated rings. The highest BCUT2D eigenvalue weighted by molar-refractivity contribution is 5.99. The number of rotatable bonds is 6. The summed E-state index contributed by atoms with van der Waals surface area (Å²) >= 11 is 0. The van der Waals surface area contributed by atoms with Crippen LogP contribution in [-0.4, -0.2) is 29.0 Å². The summed E-state index contributed by atoms with van der Waals surface area (Å²) in [5.74, 6) is -0.566. The summed E-state index contributed by atoms with van der Waals surface area (Å²) in [6.45, 7) is 6.90. The molecule has 1 aliphatic rings. The Morgan fingerprint density at radius 3 is 2.18 bits per heavy atom. The number of hydrogen-bond donors (Lipinski definition) is 2. The molecule has 2 N–H and O–H groups in total. The van der Waals surface area contributed by atoms with Crippen LogP contribution in [0.3, 0.4) is 0 Å². The maximum atomic E-state index is 12.9. The van der Waals surface area contributed by atoms with Crippen LogP contribution in [0.4, 0.5) is 0 Å². The van der Waals surface area contributed by atoms with E-state index in [4.69, 9.17) is 0 Å². The van der Waals surface area contributed by atoms with Gasteiger partial charge in [0.1, 0.15) is 11.1 Å². The van der Waals surface area contributed by atoms with E-state index < -0.39 is 17.2 Å². The zero-order valence-corrected chi connectivity index (χ0v) is 16.6. The Kier molecular flexibility index (Phi) is 5.97. The molecule has 0 spiro atoms. The minimum Gasteiger partial charge on any atom is -0.352 e. The van der Waals surface area contributed by atoms with Crippen molar-refractivity contribution >= 4 is 11.8 Å². The molecule has 6 nitrogen and oxygen atoms in total. The summed E-state index contributed by atoms with van der Waals surface area (Å²) in [5, 5.41) is 5.63. The molecular formula is C22H27N3O3. The SMILES string of the molecule is CCNC(=O)c1cn(CC(C)C)cc(C(=O)NC2Cc3ccccc3C2)c1=O. The van der Waals surface area contributed by atoms with Crippen LogP contribution in [0.15, 0.2) is 41.5 Å². The number of nitrogens with one attached hydrogen (secondary N) is 2. The number of carbonyl (C=O) groups is 2. The van der Waals surface area contributed by atoms with Crippen molar-refractivity contribution in [1.29, 1.82) is 0 Å². The Hall–Kier alpha value is -2.89. The second-order valence-corrected chi connectivity index (χ2v) is 7.71. The van der Waals surface area contributed by atoms with Crippen molar-refractivity contribution in [2.24, 2.45) is 5.92 Å². The third kappa shape index (κ3) is 4.32. The van der Waals surface area contributed by atoms with E-state index in [0.717, 1.165) is 12.8 Å². The van der Waals surface area contributed by atoms with Crippen molar-refractivity contribution in [3.63, 3.8) is 0 Å². The Morgan fingerprint density at radius 1 is 1.07 bits per heavy atom. The Bertz CT molecular complexity index is 921. The molecule has 0 radical (unpaired) electrons. The van der Waals surface area contributed by atoms with Gasteiger partial charge in [-0.3, -0.25) is 14.4 Å². The minimum atomic E-state index is -0.529. The van der Waals surface area contributed by atoms with E-state index in [9.17, 15) is 14.4 Å². The molecule has 28 heavy (non-hydrogen) atoms. The van der Waals surface area contributed by atoms with Crippen LogP contribution in [0.25, 0.3) is 0 Å². The standard InChI is InChI=1S/C22H27N3O3/c1-4-23-21(27)18-12-25(11-14(2)3)13-19(20(18)26)22(28)24-17-9-15-7-5-6-8-16(15)10-17/h5-8,12-14,17H,4,9-11H2,1-3H3,(H,23,27)(H,24,28). The fraction of sp³-hybridized carbons (Fsp3) is 0.409. The van der Waals surface area contributed by atoms with Crippen molar-refractivity contribution in [1.82, 2.24) is 15.2 Å². The summed E-state index contributed by atoms with van der Waals surface area (Å²) in [7, 11) is 0. The van der Waals surface area contributed by atoms with Gasteiger partial charge in [-0.1, -0.05) is 38.1 Å². The fourth-order valence-corrected chi connectivity index (χ4v) is 3.66. The molecule has 0 bridgehead atoms. The van der Waals surface area contributed by atoms with E-state index in [1.165, 1.54) is 17.3 Å². The number of benzene rings is 1. The summed E-state index contributed by atoms with van der Waals surface area (Å²) in [5.41, 5.74) is 1.94. The van der Waals surface area contributed by atoms with Crippen LogP contribution < -0.4 is 16.1 Å². The van der Waals surface area contributed by atoms with Gasteiger partial charge < -0.3 is 15.2 Å². The molecular weight excluding hydrogens is 354 g/mol. The van der Waals surface area contributed by atoms with Crippen molar-refractivity contribution in [2.45, 2.75) is 46.2 Å². The normalized spacial score (nSPS) is 13.4. The van der Waals surface area contributed by atoms with Crippen molar-refractivity contribution < 1.29 is 9.59 Å². The van der Waals surface area contributed by atoms with Gasteiger partial charge in [0.05, 0.1) is 0 Å². The van der Waals surface area contributed by atoms with Gasteiger partial charge in [-0.05, 0) is 36.8 Å². The molecule has 2 amide bonds. The molecule has 0 atom stereocenters. The van der Waals surface area contributed by atoms with E-state index in [-0.39, 0.29) is 17.2 Å². The van der Waals surface area contributed by atoms with Gasteiger partial charge in [-0.2, -0.15) is 0 Å². The lowest BCUT2D eigenvalue weighted by Gasteiger charge is -2.16. The first kappa shape index (κ1) is 19.9. The average molecular weight is 381 g/mol. The fourth-order valence-electron chi connectivity index (χ4n) is 3.66. The predicted molar refractivity (Wildman–Crippen MR) is 109 cm³/mol. The van der Waals surface area contributed by atoms with Crippen molar-refractivity contribution in [3.8, 4) is 0 Å². The molecule has 0 saturated heterocycles. The molecule has 3 rings (SSSR count). The molecule has 6 heteroatoms. The number of aromatic nitrogens is 1. The highest BCUT2D eigenvalue weighted by Crippen LogP contribution is 2.21. The molecule has 2 aromatic rings. The van der Waals surface area contributed by atoms with Crippen LogP contribution in [0.5, 0.6) is 0 Å². The van der Waals surface area contributed by atoms with Crippen LogP contribution in [-0.2, 0) is 19.4 Å². The third-order valence-electron chi connectivity index (χ3n) is 4.87. The number of fused-ring (bicyclic) bond motifs is 1. The van der Waals surface area contributed by atoms with Gasteiger partial charge in [0.25, 0.3) is 11.8 Å². The summed E-state index contributed by atoms with van der Waals surface area (Å²) in [6.07, 6.45) is 4.59. The van der Waals surface area contributed by atoms with Crippen LogP contribution in [0, 0.1) is 5.92 Å². The lowest BCUT2D eigenvalue weighted by Crippen LogP contribution is -2.40. The van der Waals surface area contributed by atoms with E-state index >= 15 is 0 Å². The van der Waals surface area contributed by atoms with Crippen molar-refractivity contribution in [2.75, 3.05) is 6.54 Å². The Labute approximate surface area is 165 Å². The number of pyridine rings is 1. The van der Waals surface area contributed by atoms with Crippen molar-refractivity contribution in [3.05, 3.63) is 69.1 Å². The van der Waals surface area contributed by atoms with E-state index in [1.807, 2.05) is 26.0 Å². The first-order valence-electron chi connectivity index (χ1n) is 9.79. The Morgan fingerprint density at radius 2 is 1.64 bits per heavy atom. The second-order valence-electron chi connectivity index (χ2n) is 7.71. The number of hydrogen-bond acceptors (Lipinski definition) is 3. The van der Waals surface area contributed by atoms with Gasteiger partial charge in [0.2, 0.25) is 5.43 Å². The quantitative estimate of drug-likeness (QED) is 0.805. The number of carbonyl (C=O) groups excluding carboxylic acids is 2. The molecule has 1 aromatic carbocycles. The molecule has 1 aromatic heterocycles. The van der Waals surface area contributed by atoms with Gasteiger partial charge in [0, 0.05) is 31.5 Å². The second kappa shape index (κ2) is 8.42. The first-order valence-corrected chi connectivity index (χ1v) is 9.79. The molecule has 0 saturated carbocycles. The maximum Gasteiger partial charge on any atom is 0.257 e. The lowest BCUT2D eigenvalue weighted by molar-refractivity contribution is 0.0936. The molecule has 148 valence electrons. The minimum absolute atomic E-state index is 0.00450. The van der Waals surface area contributed by atoms with E-state index in [0.29, 0.717) is 19.0 Å². The highest BCUT2D eigenvalue weighted by atomic mass is 16.2. The topological polar surface area (TPSA) is 80.2 Å². The Balaban J connectivity index is 1.87. The number of nitrogens with zero attached hydrogens (tertiary/aromatic N) is 1. The average Bonchev–Trinajstić information content (AvgIpc) is 3.04. The molecule has 0 unspecified atom stereocenters.